The summed E-state index contributed by atoms with van der Waals surface area (Å²) < 4.78 is 4.83. The summed E-state index contributed by atoms with van der Waals surface area (Å²) in [6, 6.07) is 7.64. The lowest BCUT2D eigenvalue weighted by Crippen LogP contribution is -2.26. The largest absolute Gasteiger partial charge is 0.466 e. The van der Waals surface area contributed by atoms with Crippen molar-refractivity contribution in [3.63, 3.8) is 0 Å². The van der Waals surface area contributed by atoms with Crippen LogP contribution in [0.25, 0.3) is 0 Å². The van der Waals surface area contributed by atoms with E-state index in [-0.39, 0.29) is 17.9 Å². The average molecular weight is 292 g/mol. The molecule has 0 aliphatic rings. The Balaban J connectivity index is 2.47. The molecule has 0 heterocycles. The van der Waals surface area contributed by atoms with Gasteiger partial charge < -0.3 is 15.4 Å². The maximum absolute atomic E-state index is 12.2. The highest BCUT2D eigenvalue weighted by Crippen LogP contribution is 2.15. The summed E-state index contributed by atoms with van der Waals surface area (Å²) in [5.41, 5.74) is 1.43. The number of esters is 1. The summed E-state index contributed by atoms with van der Waals surface area (Å²) >= 11 is 0. The van der Waals surface area contributed by atoms with Gasteiger partial charge in [0.2, 0.25) is 0 Å². The van der Waals surface area contributed by atoms with E-state index in [2.05, 4.69) is 10.6 Å². The Morgan fingerprint density at radius 1 is 1.24 bits per heavy atom. The second-order valence-corrected chi connectivity index (χ2v) is 5.01. The lowest BCUT2D eigenvalue weighted by molar-refractivity contribution is -0.143. The van der Waals surface area contributed by atoms with E-state index in [1.807, 2.05) is 32.0 Å². The molecule has 0 atom stereocenters. The zero-order chi connectivity index (χ0) is 15.7. The number of nitrogens with one attached hydrogen (secondary N) is 2. The van der Waals surface area contributed by atoms with Crippen LogP contribution in [-0.2, 0) is 9.53 Å². The molecule has 0 fully saturated rings. The third kappa shape index (κ3) is 6.29. The number of carbonyl (C=O) groups is 2. The lowest BCUT2D eigenvalue weighted by Gasteiger charge is -2.14. The monoisotopic (exact) mass is 292 g/mol. The summed E-state index contributed by atoms with van der Waals surface area (Å²) in [5, 5.41) is 6.07. The molecule has 0 aliphatic carbocycles. The molecule has 21 heavy (non-hydrogen) atoms. The summed E-state index contributed by atoms with van der Waals surface area (Å²) in [4.78, 5) is 23.3. The second kappa shape index (κ2) is 9.00. The van der Waals surface area contributed by atoms with Crippen molar-refractivity contribution in [1.82, 2.24) is 5.32 Å². The molecule has 1 rings (SSSR count). The summed E-state index contributed by atoms with van der Waals surface area (Å²) in [7, 11) is 0. The van der Waals surface area contributed by atoms with Crippen molar-refractivity contribution < 1.29 is 14.3 Å². The molecule has 0 aromatic heterocycles. The number of para-hydroxylation sites is 1. The number of carbonyl (C=O) groups excluding carboxylic acids is 2. The molecule has 1 aromatic rings. The van der Waals surface area contributed by atoms with Crippen molar-refractivity contribution in [2.24, 2.45) is 0 Å². The van der Waals surface area contributed by atoms with Crippen LogP contribution < -0.4 is 10.6 Å². The molecule has 0 radical (unpaired) electrons. The van der Waals surface area contributed by atoms with Crippen molar-refractivity contribution in [3.8, 4) is 0 Å². The summed E-state index contributed by atoms with van der Waals surface area (Å²) in [6.45, 7) is 6.66. The molecule has 116 valence electrons. The number of benzene rings is 1. The minimum absolute atomic E-state index is 0.136. The minimum atomic E-state index is -0.228. The van der Waals surface area contributed by atoms with Crippen LogP contribution in [0.15, 0.2) is 24.3 Å². The Hall–Kier alpha value is -2.04. The lowest BCUT2D eigenvalue weighted by atomic mass is 10.1. The van der Waals surface area contributed by atoms with Gasteiger partial charge in [0.25, 0.3) is 5.91 Å². The maximum Gasteiger partial charge on any atom is 0.305 e. The van der Waals surface area contributed by atoms with Gasteiger partial charge in [-0.15, -0.1) is 0 Å². The first-order valence-electron chi connectivity index (χ1n) is 7.34. The van der Waals surface area contributed by atoms with E-state index in [1.165, 1.54) is 0 Å². The quantitative estimate of drug-likeness (QED) is 0.571. The predicted molar refractivity (Wildman–Crippen MR) is 83.4 cm³/mol. The molecular formula is C16H24N2O3. The fourth-order valence-electron chi connectivity index (χ4n) is 1.88. The van der Waals surface area contributed by atoms with Crippen LogP contribution >= 0.6 is 0 Å². The third-order valence-electron chi connectivity index (χ3n) is 2.76. The molecule has 0 saturated carbocycles. The van der Waals surface area contributed by atoms with Crippen molar-refractivity contribution in [3.05, 3.63) is 29.8 Å². The molecule has 5 nitrogen and oxygen atoms in total. The Morgan fingerprint density at radius 3 is 2.62 bits per heavy atom. The van der Waals surface area contributed by atoms with Gasteiger partial charge >= 0.3 is 5.97 Å². The highest BCUT2D eigenvalue weighted by atomic mass is 16.5. The molecule has 0 bridgehead atoms. The summed E-state index contributed by atoms with van der Waals surface area (Å²) in [5.74, 6) is -0.365. The molecule has 2 N–H and O–H groups in total. The van der Waals surface area contributed by atoms with Crippen molar-refractivity contribution in [1.29, 1.82) is 0 Å². The highest BCUT2D eigenvalue weighted by Gasteiger charge is 2.11. The first kappa shape index (κ1) is 17.0. The average Bonchev–Trinajstić information content (AvgIpc) is 2.43. The van der Waals surface area contributed by atoms with E-state index in [1.54, 1.807) is 13.0 Å². The minimum Gasteiger partial charge on any atom is -0.466 e. The maximum atomic E-state index is 12.2. The van der Waals surface area contributed by atoms with Gasteiger partial charge in [-0.05, 0) is 39.3 Å². The Kier molecular flexibility index (Phi) is 7.29. The number of amides is 1. The topological polar surface area (TPSA) is 67.4 Å². The number of anilines is 1. The molecule has 0 aliphatic heterocycles. The zero-order valence-corrected chi connectivity index (χ0v) is 12.9. The van der Waals surface area contributed by atoms with Gasteiger partial charge in [-0.25, -0.2) is 0 Å². The first-order chi connectivity index (χ1) is 10.0. The molecule has 0 saturated heterocycles. The van der Waals surface area contributed by atoms with E-state index in [0.29, 0.717) is 31.6 Å². The number of ether oxygens (including phenoxy) is 1. The van der Waals surface area contributed by atoms with Crippen molar-refractivity contribution >= 4 is 17.6 Å². The van der Waals surface area contributed by atoms with Crippen LogP contribution in [0.5, 0.6) is 0 Å². The molecule has 0 spiro atoms. The third-order valence-corrected chi connectivity index (χ3v) is 2.76. The van der Waals surface area contributed by atoms with E-state index in [0.717, 1.165) is 5.69 Å². The van der Waals surface area contributed by atoms with Crippen molar-refractivity contribution in [2.45, 2.75) is 39.7 Å². The number of hydrogen-bond acceptors (Lipinski definition) is 4. The van der Waals surface area contributed by atoms with Crippen LogP contribution in [0.4, 0.5) is 5.69 Å². The molecule has 0 unspecified atom stereocenters. The Bertz CT molecular complexity index is 472. The van der Waals surface area contributed by atoms with Gasteiger partial charge in [0.15, 0.2) is 0 Å². The van der Waals surface area contributed by atoms with E-state index in [4.69, 9.17) is 4.74 Å². The molecule has 1 amide bonds. The smallest absolute Gasteiger partial charge is 0.305 e. The first-order valence-corrected chi connectivity index (χ1v) is 7.34. The van der Waals surface area contributed by atoms with Gasteiger partial charge in [-0.1, -0.05) is 12.1 Å². The SMILES string of the molecule is CCOC(=O)CCCNC(=O)c1ccccc1NC(C)C. The second-order valence-electron chi connectivity index (χ2n) is 5.01. The fourth-order valence-corrected chi connectivity index (χ4v) is 1.88. The van der Waals surface area contributed by atoms with Gasteiger partial charge in [0.1, 0.15) is 0 Å². The fraction of sp³-hybridized carbons (Fsp3) is 0.500. The van der Waals surface area contributed by atoms with Crippen LogP contribution in [-0.4, -0.2) is 31.1 Å². The van der Waals surface area contributed by atoms with E-state index < -0.39 is 0 Å². The van der Waals surface area contributed by atoms with Gasteiger partial charge in [0.05, 0.1) is 12.2 Å². The molecular weight excluding hydrogens is 268 g/mol. The molecule has 1 aromatic carbocycles. The number of rotatable bonds is 8. The molecule has 5 heteroatoms. The van der Waals surface area contributed by atoms with Crippen LogP contribution in [0, 0.1) is 0 Å². The number of hydrogen-bond donors (Lipinski definition) is 2. The van der Waals surface area contributed by atoms with E-state index in [9.17, 15) is 9.59 Å². The Labute approximate surface area is 126 Å². The zero-order valence-electron chi connectivity index (χ0n) is 12.9. The van der Waals surface area contributed by atoms with Crippen LogP contribution in [0.3, 0.4) is 0 Å². The van der Waals surface area contributed by atoms with Gasteiger partial charge in [-0.2, -0.15) is 0 Å². The van der Waals surface area contributed by atoms with Crippen LogP contribution in [0.1, 0.15) is 44.0 Å². The normalized spacial score (nSPS) is 10.3. The highest BCUT2D eigenvalue weighted by molar-refractivity contribution is 5.99. The van der Waals surface area contributed by atoms with Crippen molar-refractivity contribution in [2.75, 3.05) is 18.5 Å². The van der Waals surface area contributed by atoms with Gasteiger partial charge in [-0.3, -0.25) is 9.59 Å². The standard InChI is InChI=1S/C16H24N2O3/c1-4-21-15(19)10-7-11-17-16(20)13-8-5-6-9-14(13)18-12(2)3/h5-6,8-9,12,18H,4,7,10-11H2,1-3H3,(H,17,20). The van der Waals surface area contributed by atoms with Crippen LogP contribution in [0.2, 0.25) is 0 Å². The van der Waals surface area contributed by atoms with Gasteiger partial charge in [0, 0.05) is 24.7 Å². The summed E-state index contributed by atoms with van der Waals surface area (Å²) in [6.07, 6.45) is 0.893. The van der Waals surface area contributed by atoms with E-state index >= 15 is 0 Å². The predicted octanol–water partition coefficient (Wildman–Crippen LogP) is 2.58. The Morgan fingerprint density at radius 2 is 1.95 bits per heavy atom.